The van der Waals surface area contributed by atoms with E-state index in [9.17, 15) is 13.2 Å². The quantitative estimate of drug-likeness (QED) is 0.812. The molecule has 8 heteroatoms. The molecule has 20 heavy (non-hydrogen) atoms. The molecule has 0 fully saturated rings. The first-order valence-electron chi connectivity index (χ1n) is 6.19. The molecule has 0 aliphatic carbocycles. The highest BCUT2D eigenvalue weighted by Gasteiger charge is 2.26. The van der Waals surface area contributed by atoms with E-state index in [0.29, 0.717) is 6.54 Å². The molecule has 0 unspecified atom stereocenters. The average molecular weight is 299 g/mol. The first-order valence-corrected chi connectivity index (χ1v) is 7.63. The van der Waals surface area contributed by atoms with Gasteiger partial charge in [0.05, 0.1) is 6.07 Å². The molecule has 1 N–H and O–H groups in total. The number of aromatic carboxylic acids is 1. The third-order valence-electron chi connectivity index (χ3n) is 2.89. The number of nitrogens with zero attached hydrogens (tertiary/aromatic N) is 3. The lowest BCUT2D eigenvalue weighted by Gasteiger charge is -2.18. The van der Waals surface area contributed by atoms with Crippen LogP contribution in [0.3, 0.4) is 0 Å². The SMILES string of the molecule is CCN(CCC#N)S(=O)(=O)c1cc(C(=O)O)n(CC)c1. The van der Waals surface area contributed by atoms with Crippen molar-refractivity contribution >= 4 is 16.0 Å². The summed E-state index contributed by atoms with van der Waals surface area (Å²) in [6, 6.07) is 3.05. The summed E-state index contributed by atoms with van der Waals surface area (Å²) in [6.07, 6.45) is 1.40. The van der Waals surface area contributed by atoms with Crippen LogP contribution in [0.25, 0.3) is 0 Å². The first-order chi connectivity index (χ1) is 9.38. The minimum Gasteiger partial charge on any atom is -0.477 e. The van der Waals surface area contributed by atoms with E-state index in [1.54, 1.807) is 13.8 Å². The van der Waals surface area contributed by atoms with Crippen LogP contribution < -0.4 is 0 Å². The lowest BCUT2D eigenvalue weighted by molar-refractivity contribution is 0.0685. The monoisotopic (exact) mass is 299 g/mol. The highest BCUT2D eigenvalue weighted by atomic mass is 32.2. The van der Waals surface area contributed by atoms with Crippen molar-refractivity contribution in [3.63, 3.8) is 0 Å². The van der Waals surface area contributed by atoms with Crippen molar-refractivity contribution in [3.8, 4) is 6.07 Å². The van der Waals surface area contributed by atoms with Crippen LogP contribution in [0, 0.1) is 11.3 Å². The van der Waals surface area contributed by atoms with Crippen molar-refractivity contribution in [1.82, 2.24) is 8.87 Å². The molecule has 0 amide bonds. The van der Waals surface area contributed by atoms with Crippen molar-refractivity contribution < 1.29 is 18.3 Å². The predicted octanol–water partition coefficient (Wildman–Crippen LogP) is 1.13. The van der Waals surface area contributed by atoms with Crippen LogP contribution in [0.1, 0.15) is 30.8 Å². The predicted molar refractivity (Wildman–Crippen MR) is 71.7 cm³/mol. The van der Waals surface area contributed by atoms with Crippen LogP contribution in [0.5, 0.6) is 0 Å². The number of aromatic nitrogens is 1. The van der Waals surface area contributed by atoms with Gasteiger partial charge in [-0.15, -0.1) is 0 Å². The molecule has 1 aromatic heterocycles. The van der Waals surface area contributed by atoms with Crippen LogP contribution in [0.2, 0.25) is 0 Å². The molecule has 0 radical (unpaired) electrons. The first kappa shape index (κ1) is 16.2. The third kappa shape index (κ3) is 3.18. The van der Waals surface area contributed by atoms with Gasteiger partial charge in [0.25, 0.3) is 0 Å². The molecule has 0 aliphatic heterocycles. The van der Waals surface area contributed by atoms with Gasteiger partial charge >= 0.3 is 5.97 Å². The Bertz CT molecular complexity index is 628. The van der Waals surface area contributed by atoms with Gasteiger partial charge in [-0.2, -0.15) is 9.57 Å². The van der Waals surface area contributed by atoms with Crippen LogP contribution >= 0.6 is 0 Å². The van der Waals surface area contributed by atoms with Crippen molar-refractivity contribution in [2.24, 2.45) is 0 Å². The van der Waals surface area contributed by atoms with Gasteiger partial charge in [0.2, 0.25) is 10.0 Å². The Morgan fingerprint density at radius 1 is 1.50 bits per heavy atom. The standard InChI is InChI=1S/C12H17N3O4S/c1-3-14-9-10(8-11(14)12(16)17)20(18,19)15(4-2)7-5-6-13/h8-9H,3-5,7H2,1-2H3,(H,16,17). The molecule has 0 aromatic carbocycles. The van der Waals surface area contributed by atoms with E-state index in [-0.39, 0.29) is 30.1 Å². The van der Waals surface area contributed by atoms with Gasteiger partial charge in [0.1, 0.15) is 10.6 Å². The van der Waals surface area contributed by atoms with Gasteiger partial charge in [-0.05, 0) is 13.0 Å². The number of carboxylic acid groups (broad SMARTS) is 1. The summed E-state index contributed by atoms with van der Waals surface area (Å²) in [4.78, 5) is 11.0. The molecule has 1 aromatic rings. The highest BCUT2D eigenvalue weighted by Crippen LogP contribution is 2.19. The van der Waals surface area contributed by atoms with Gasteiger partial charge < -0.3 is 9.67 Å². The number of carboxylic acids is 1. The fourth-order valence-corrected chi connectivity index (χ4v) is 3.33. The zero-order chi connectivity index (χ0) is 15.3. The normalized spacial score (nSPS) is 11.5. The summed E-state index contributed by atoms with van der Waals surface area (Å²) in [7, 11) is -3.77. The Morgan fingerprint density at radius 2 is 2.15 bits per heavy atom. The topological polar surface area (TPSA) is 103 Å². The molecule has 0 saturated carbocycles. The van der Waals surface area contributed by atoms with Gasteiger partial charge in [-0.3, -0.25) is 0 Å². The van der Waals surface area contributed by atoms with Gasteiger partial charge in [0, 0.05) is 32.3 Å². The van der Waals surface area contributed by atoms with Gasteiger partial charge in [0.15, 0.2) is 0 Å². The Hall–Kier alpha value is -1.85. The maximum Gasteiger partial charge on any atom is 0.352 e. The maximum atomic E-state index is 12.4. The molecular formula is C12H17N3O4S. The van der Waals surface area contributed by atoms with E-state index in [4.69, 9.17) is 10.4 Å². The summed E-state index contributed by atoms with van der Waals surface area (Å²) in [6.45, 7) is 4.08. The van der Waals surface area contributed by atoms with E-state index < -0.39 is 16.0 Å². The fraction of sp³-hybridized carbons (Fsp3) is 0.500. The summed E-state index contributed by atoms with van der Waals surface area (Å²) in [5.41, 5.74) is -0.0672. The van der Waals surface area contributed by atoms with Crippen molar-refractivity contribution in [2.75, 3.05) is 13.1 Å². The molecule has 1 heterocycles. The third-order valence-corrected chi connectivity index (χ3v) is 4.83. The van der Waals surface area contributed by atoms with Crippen LogP contribution in [-0.4, -0.2) is 41.5 Å². The molecule has 0 aliphatic rings. The number of carbonyl (C=O) groups is 1. The van der Waals surface area contributed by atoms with E-state index in [1.165, 1.54) is 10.8 Å². The minimum absolute atomic E-state index is 0.0588. The average Bonchev–Trinajstić information content (AvgIpc) is 2.84. The van der Waals surface area contributed by atoms with Crippen LogP contribution in [0.4, 0.5) is 0 Å². The summed E-state index contributed by atoms with van der Waals surface area (Å²) >= 11 is 0. The second-order valence-electron chi connectivity index (χ2n) is 4.06. The molecule has 110 valence electrons. The molecule has 1 rings (SSSR count). The minimum atomic E-state index is -3.77. The number of sulfonamides is 1. The number of rotatable bonds is 7. The maximum absolute atomic E-state index is 12.4. The van der Waals surface area contributed by atoms with E-state index in [1.807, 2.05) is 6.07 Å². The Balaban J connectivity index is 3.21. The van der Waals surface area contributed by atoms with E-state index in [0.717, 1.165) is 10.4 Å². The zero-order valence-electron chi connectivity index (χ0n) is 11.4. The van der Waals surface area contributed by atoms with Crippen molar-refractivity contribution in [2.45, 2.75) is 31.7 Å². The molecule has 0 spiro atoms. The lowest BCUT2D eigenvalue weighted by Crippen LogP contribution is -2.31. The van der Waals surface area contributed by atoms with Gasteiger partial charge in [-0.1, -0.05) is 6.92 Å². The lowest BCUT2D eigenvalue weighted by atomic mass is 10.4. The molecular weight excluding hydrogens is 282 g/mol. The molecule has 0 atom stereocenters. The van der Waals surface area contributed by atoms with Crippen LogP contribution in [0.15, 0.2) is 17.2 Å². The second kappa shape index (κ2) is 6.54. The number of nitriles is 1. The molecule has 0 saturated heterocycles. The Labute approximate surface area is 118 Å². The highest BCUT2D eigenvalue weighted by molar-refractivity contribution is 7.89. The van der Waals surface area contributed by atoms with E-state index >= 15 is 0 Å². The van der Waals surface area contributed by atoms with Gasteiger partial charge in [-0.25, -0.2) is 13.2 Å². The number of hydrogen-bond acceptors (Lipinski definition) is 4. The van der Waals surface area contributed by atoms with Crippen molar-refractivity contribution in [3.05, 3.63) is 18.0 Å². The second-order valence-corrected chi connectivity index (χ2v) is 5.99. The Morgan fingerprint density at radius 3 is 2.55 bits per heavy atom. The number of aryl methyl sites for hydroxylation is 1. The van der Waals surface area contributed by atoms with E-state index in [2.05, 4.69) is 0 Å². The van der Waals surface area contributed by atoms with Crippen molar-refractivity contribution in [1.29, 1.82) is 5.26 Å². The van der Waals surface area contributed by atoms with Crippen LogP contribution in [-0.2, 0) is 16.6 Å². The molecule has 0 bridgehead atoms. The fourth-order valence-electron chi connectivity index (χ4n) is 1.84. The Kier molecular flexibility index (Phi) is 5.30. The zero-order valence-corrected chi connectivity index (χ0v) is 12.2. The summed E-state index contributed by atoms with van der Waals surface area (Å²) < 4.78 is 27.3. The summed E-state index contributed by atoms with van der Waals surface area (Å²) in [5.74, 6) is -1.17. The molecule has 7 nitrogen and oxygen atoms in total. The largest absolute Gasteiger partial charge is 0.477 e. The number of hydrogen-bond donors (Lipinski definition) is 1. The smallest absolute Gasteiger partial charge is 0.352 e. The summed E-state index contributed by atoms with van der Waals surface area (Å²) in [5, 5.41) is 17.6.